The van der Waals surface area contributed by atoms with Crippen LogP contribution in [0.2, 0.25) is 0 Å². The minimum absolute atomic E-state index is 0.0887. The molecule has 0 amide bonds. The first-order valence-corrected chi connectivity index (χ1v) is 4.54. The lowest BCUT2D eigenvalue weighted by Crippen LogP contribution is -2.18. The Morgan fingerprint density at radius 3 is 2.42 bits per heavy atom. The summed E-state index contributed by atoms with van der Waals surface area (Å²) in [5.41, 5.74) is 0.0887. The second-order valence-electron chi connectivity index (χ2n) is 3.79. The van der Waals surface area contributed by atoms with E-state index in [9.17, 15) is 0 Å². The molecule has 12 heavy (non-hydrogen) atoms. The summed E-state index contributed by atoms with van der Waals surface area (Å²) in [6.07, 6.45) is 2.23. The zero-order valence-electron chi connectivity index (χ0n) is 8.90. The predicted octanol–water partition coefficient (Wildman–Crippen LogP) is 2.85. The van der Waals surface area contributed by atoms with Crippen LogP contribution in [0.25, 0.3) is 0 Å². The Kier molecular flexibility index (Phi) is 5.01. The van der Waals surface area contributed by atoms with E-state index < -0.39 is 0 Å². The number of hydrogen-bond donors (Lipinski definition) is 0. The van der Waals surface area contributed by atoms with Crippen LogP contribution in [-0.4, -0.2) is 13.2 Å². The molecule has 0 aromatic carbocycles. The van der Waals surface area contributed by atoms with Crippen LogP contribution in [0.5, 0.6) is 0 Å². The Hall–Kier alpha value is -0.480. The van der Waals surface area contributed by atoms with Gasteiger partial charge in [0.05, 0.1) is 6.10 Å². The first-order chi connectivity index (χ1) is 5.52. The zero-order chi connectivity index (χ0) is 9.61. The summed E-state index contributed by atoms with van der Waals surface area (Å²) >= 11 is 0. The molecule has 70 valence electrons. The average Bonchev–Trinajstić information content (AvgIpc) is 2.00. The molecule has 0 fully saturated rings. The molecule has 0 aliphatic carbocycles. The van der Waals surface area contributed by atoms with Crippen molar-refractivity contribution >= 4 is 0 Å². The Bertz CT molecular complexity index is 171. The third-order valence-corrected chi connectivity index (χ3v) is 1.80. The molecule has 0 saturated heterocycles. The van der Waals surface area contributed by atoms with Gasteiger partial charge in [-0.25, -0.2) is 0 Å². The molecule has 0 heterocycles. The molecule has 0 aromatic heterocycles. The van der Waals surface area contributed by atoms with Gasteiger partial charge < -0.3 is 4.74 Å². The number of hydrogen-bond acceptors (Lipinski definition) is 1. The molecule has 1 heteroatoms. The van der Waals surface area contributed by atoms with Crippen molar-refractivity contribution in [1.82, 2.24) is 0 Å². The van der Waals surface area contributed by atoms with Crippen LogP contribution in [0.4, 0.5) is 0 Å². The molecule has 0 N–H and O–H groups in total. The van der Waals surface area contributed by atoms with Crippen LogP contribution in [0.3, 0.4) is 0 Å². The highest BCUT2D eigenvalue weighted by molar-refractivity contribution is 5.08. The van der Waals surface area contributed by atoms with Gasteiger partial charge in [-0.2, -0.15) is 0 Å². The van der Waals surface area contributed by atoms with Gasteiger partial charge in [0.1, 0.15) is 0 Å². The largest absolute Gasteiger partial charge is 0.382 e. The maximum absolute atomic E-state index is 5.20. The lowest BCUT2D eigenvalue weighted by Gasteiger charge is -2.21. The van der Waals surface area contributed by atoms with E-state index in [1.807, 2.05) is 0 Å². The molecule has 1 atom stereocenters. The lowest BCUT2D eigenvalue weighted by molar-refractivity contribution is 0.0891. The Morgan fingerprint density at radius 2 is 2.00 bits per heavy atom. The third kappa shape index (κ3) is 5.21. The van der Waals surface area contributed by atoms with E-state index in [0.717, 1.165) is 12.8 Å². The summed E-state index contributed by atoms with van der Waals surface area (Å²) in [7, 11) is 1.74. The van der Waals surface area contributed by atoms with Gasteiger partial charge in [-0.15, -0.1) is 5.92 Å². The zero-order valence-corrected chi connectivity index (χ0v) is 8.90. The molecule has 1 nitrogen and oxygen atoms in total. The third-order valence-electron chi connectivity index (χ3n) is 1.80. The molecule has 0 bridgehead atoms. The minimum Gasteiger partial charge on any atom is -0.382 e. The minimum atomic E-state index is 0.0887. The average molecular weight is 168 g/mol. The van der Waals surface area contributed by atoms with Crippen LogP contribution < -0.4 is 0 Å². The van der Waals surface area contributed by atoms with Gasteiger partial charge in [0.15, 0.2) is 0 Å². The summed E-state index contributed by atoms with van der Waals surface area (Å²) in [5, 5.41) is 0. The van der Waals surface area contributed by atoms with Crippen molar-refractivity contribution in [3.05, 3.63) is 0 Å². The first-order valence-electron chi connectivity index (χ1n) is 4.54. The van der Waals surface area contributed by atoms with E-state index in [0.29, 0.717) is 6.10 Å². The van der Waals surface area contributed by atoms with Gasteiger partial charge in [0.25, 0.3) is 0 Å². The number of rotatable bonds is 3. The highest BCUT2D eigenvalue weighted by Crippen LogP contribution is 2.22. The fourth-order valence-corrected chi connectivity index (χ4v) is 1.18. The van der Waals surface area contributed by atoms with Crippen molar-refractivity contribution in [2.24, 2.45) is 5.41 Å². The van der Waals surface area contributed by atoms with Crippen molar-refractivity contribution in [1.29, 1.82) is 0 Å². The van der Waals surface area contributed by atoms with Gasteiger partial charge >= 0.3 is 0 Å². The van der Waals surface area contributed by atoms with Crippen LogP contribution in [0, 0.1) is 17.3 Å². The second-order valence-corrected chi connectivity index (χ2v) is 3.79. The molecular weight excluding hydrogens is 148 g/mol. The van der Waals surface area contributed by atoms with Gasteiger partial charge in [-0.05, 0) is 27.2 Å². The SMILES string of the molecule is CCC#CC(C)(C)CC(C)OC. The molecule has 0 spiro atoms. The summed E-state index contributed by atoms with van der Waals surface area (Å²) in [6.45, 7) is 8.47. The predicted molar refractivity (Wildman–Crippen MR) is 52.9 cm³/mol. The standard InChI is InChI=1S/C11H20O/c1-6-7-8-11(3,4)9-10(2)12-5/h10H,6,9H2,1-5H3. The summed E-state index contributed by atoms with van der Waals surface area (Å²) in [6, 6.07) is 0. The maximum Gasteiger partial charge on any atom is 0.0557 e. The molecule has 0 aromatic rings. The second kappa shape index (κ2) is 5.22. The van der Waals surface area contributed by atoms with E-state index in [1.165, 1.54) is 0 Å². The van der Waals surface area contributed by atoms with E-state index in [4.69, 9.17) is 4.74 Å². The van der Waals surface area contributed by atoms with Crippen LogP contribution in [0.15, 0.2) is 0 Å². The van der Waals surface area contributed by atoms with E-state index in [1.54, 1.807) is 7.11 Å². The Morgan fingerprint density at radius 1 is 1.42 bits per heavy atom. The molecule has 0 radical (unpaired) electrons. The van der Waals surface area contributed by atoms with Gasteiger partial charge in [-0.1, -0.05) is 12.8 Å². The number of ether oxygens (including phenoxy) is 1. The van der Waals surface area contributed by atoms with Crippen LogP contribution >= 0.6 is 0 Å². The van der Waals surface area contributed by atoms with Crippen molar-refractivity contribution in [2.45, 2.75) is 46.6 Å². The van der Waals surface area contributed by atoms with Crippen molar-refractivity contribution in [3.63, 3.8) is 0 Å². The molecule has 0 rings (SSSR count). The maximum atomic E-state index is 5.20. The summed E-state index contributed by atoms with van der Waals surface area (Å²) in [5.74, 6) is 6.36. The number of methoxy groups -OCH3 is 1. The topological polar surface area (TPSA) is 9.23 Å². The highest BCUT2D eigenvalue weighted by atomic mass is 16.5. The fraction of sp³-hybridized carbons (Fsp3) is 0.818. The molecular formula is C11H20O. The van der Waals surface area contributed by atoms with Gasteiger partial charge in [0, 0.05) is 18.9 Å². The normalized spacial score (nSPS) is 13.4. The van der Waals surface area contributed by atoms with Crippen molar-refractivity contribution in [3.8, 4) is 11.8 Å². The van der Waals surface area contributed by atoms with E-state index >= 15 is 0 Å². The summed E-state index contributed by atoms with van der Waals surface area (Å²) < 4.78 is 5.20. The Labute approximate surface area is 76.5 Å². The molecule has 0 aliphatic rings. The Balaban J connectivity index is 4.03. The molecule has 0 saturated carbocycles. The molecule has 0 aliphatic heterocycles. The van der Waals surface area contributed by atoms with Gasteiger partial charge in [0.2, 0.25) is 0 Å². The van der Waals surface area contributed by atoms with Crippen LogP contribution in [-0.2, 0) is 4.74 Å². The van der Waals surface area contributed by atoms with Crippen LogP contribution in [0.1, 0.15) is 40.5 Å². The first kappa shape index (κ1) is 11.5. The van der Waals surface area contributed by atoms with Gasteiger partial charge in [-0.3, -0.25) is 0 Å². The lowest BCUT2D eigenvalue weighted by atomic mass is 9.87. The summed E-state index contributed by atoms with van der Waals surface area (Å²) in [4.78, 5) is 0. The quantitative estimate of drug-likeness (QED) is 0.589. The van der Waals surface area contributed by atoms with E-state index in [2.05, 4.69) is 39.5 Å². The van der Waals surface area contributed by atoms with Crippen molar-refractivity contribution in [2.75, 3.05) is 7.11 Å². The molecule has 1 unspecified atom stereocenters. The van der Waals surface area contributed by atoms with E-state index in [-0.39, 0.29) is 5.41 Å². The fourth-order valence-electron chi connectivity index (χ4n) is 1.18. The van der Waals surface area contributed by atoms with Crippen molar-refractivity contribution < 1.29 is 4.74 Å². The monoisotopic (exact) mass is 168 g/mol. The smallest absolute Gasteiger partial charge is 0.0557 e. The highest BCUT2D eigenvalue weighted by Gasteiger charge is 2.17.